The molecule has 21 heteroatoms. The molecular formula is C42H76N10O11. The van der Waals surface area contributed by atoms with E-state index in [1.165, 1.54) is 13.8 Å². The molecule has 0 aromatic carbocycles. The second-order valence-corrected chi connectivity index (χ2v) is 17.0. The number of amides is 7. The lowest BCUT2D eigenvalue weighted by atomic mass is 9.98. The van der Waals surface area contributed by atoms with Gasteiger partial charge >= 0.3 is 5.97 Å². The number of primary amides is 1. The third-order valence-electron chi connectivity index (χ3n) is 10.7. The highest BCUT2D eigenvalue weighted by molar-refractivity contribution is 5.97. The number of aliphatic hydroxyl groups is 2. The van der Waals surface area contributed by atoms with Crippen molar-refractivity contribution in [1.29, 1.82) is 0 Å². The molecule has 21 nitrogen and oxygen atoms in total. The van der Waals surface area contributed by atoms with Crippen molar-refractivity contribution < 1.29 is 53.3 Å². The van der Waals surface area contributed by atoms with Gasteiger partial charge in [0.25, 0.3) is 0 Å². The van der Waals surface area contributed by atoms with E-state index in [0.717, 1.165) is 51.4 Å². The smallest absolute Gasteiger partial charge is 0.328 e. The van der Waals surface area contributed by atoms with Crippen LogP contribution in [-0.2, 0) is 43.1 Å². The molecule has 0 aliphatic carbocycles. The zero-order valence-electron chi connectivity index (χ0n) is 38.2. The highest BCUT2D eigenvalue weighted by Crippen LogP contribution is 2.15. The first-order valence-corrected chi connectivity index (χ1v) is 22.3. The molecule has 0 spiro atoms. The Morgan fingerprint density at radius 2 is 1.19 bits per heavy atom. The normalized spacial score (nSPS) is 24.3. The fourth-order valence-electron chi connectivity index (χ4n) is 6.80. The summed E-state index contributed by atoms with van der Waals surface area (Å²) >= 11 is 0. The van der Waals surface area contributed by atoms with E-state index in [4.69, 9.17) is 21.9 Å². The molecular weight excluding hydrogens is 821 g/mol. The van der Waals surface area contributed by atoms with Gasteiger partial charge in [0.05, 0.1) is 18.6 Å². The zero-order chi connectivity index (χ0) is 47.8. The van der Waals surface area contributed by atoms with Gasteiger partial charge in [-0.25, -0.2) is 4.79 Å². The Morgan fingerprint density at radius 1 is 0.698 bits per heavy atom. The van der Waals surface area contributed by atoms with Crippen LogP contribution in [0.4, 0.5) is 0 Å². The summed E-state index contributed by atoms with van der Waals surface area (Å²) in [4.78, 5) is 111. The Labute approximate surface area is 371 Å². The Morgan fingerprint density at radius 3 is 1.70 bits per heavy atom. The number of aliphatic hydroxyl groups excluding tert-OH is 2. The molecule has 0 aromatic heterocycles. The average Bonchev–Trinajstić information content (AvgIpc) is 3.20. The summed E-state index contributed by atoms with van der Waals surface area (Å²) in [6, 6.07) is -8.69. The molecule has 14 N–H and O–H groups in total. The Kier molecular flexibility index (Phi) is 26.1. The molecule has 9 atom stereocenters. The van der Waals surface area contributed by atoms with Crippen molar-refractivity contribution >= 4 is 53.3 Å². The number of rotatable bonds is 22. The number of carbonyl (C=O) groups is 8. The molecule has 1 aliphatic heterocycles. The lowest BCUT2D eigenvalue weighted by Crippen LogP contribution is -2.63. The van der Waals surface area contributed by atoms with Crippen molar-refractivity contribution in [3.8, 4) is 0 Å². The minimum Gasteiger partial charge on any atom is -0.458 e. The predicted octanol–water partition coefficient (Wildman–Crippen LogP) is -0.866. The molecule has 0 radical (unpaired) electrons. The van der Waals surface area contributed by atoms with Crippen LogP contribution in [0.5, 0.6) is 0 Å². The number of unbranched alkanes of at least 4 members (excludes halogenated alkanes) is 8. The van der Waals surface area contributed by atoms with Gasteiger partial charge in [0.1, 0.15) is 42.4 Å². The predicted molar refractivity (Wildman–Crippen MR) is 235 cm³/mol. The molecule has 63 heavy (non-hydrogen) atoms. The molecule has 0 saturated carbocycles. The Balaban J connectivity index is 3.29. The van der Waals surface area contributed by atoms with Gasteiger partial charge in [0.15, 0.2) is 5.96 Å². The van der Waals surface area contributed by atoms with Crippen LogP contribution in [-0.4, -0.2) is 125 Å². The number of guanidine groups is 1. The van der Waals surface area contributed by atoms with Crippen molar-refractivity contribution in [2.24, 2.45) is 34.0 Å². The molecule has 0 bridgehead atoms. The maximum absolute atomic E-state index is 14.0. The largest absolute Gasteiger partial charge is 0.458 e. The molecule has 7 amide bonds. The summed E-state index contributed by atoms with van der Waals surface area (Å²) in [6.07, 6.45) is 4.16. The van der Waals surface area contributed by atoms with Gasteiger partial charge in [0.2, 0.25) is 41.4 Å². The minimum absolute atomic E-state index is 0.0132. The summed E-state index contributed by atoms with van der Waals surface area (Å²) in [5.41, 5.74) is 16.0. The SMILES string of the molecule is CCC(O)C1NC(=O)C(C(C)C)NC(=O)C(C(C)C)NC(=O)C(NC(=O)CC(O)CCCCCCCCCCCN=C(N)N)C(C)OC(=O)C(C)NC(=O)C(CCC(N)=O)NC1=O. The second kappa shape index (κ2) is 29.3. The average molecular weight is 897 g/mol. The summed E-state index contributed by atoms with van der Waals surface area (Å²) in [6.45, 7) is 11.3. The molecule has 1 fully saturated rings. The summed E-state index contributed by atoms with van der Waals surface area (Å²) in [7, 11) is 0. The lowest BCUT2D eigenvalue weighted by molar-refractivity contribution is -0.155. The van der Waals surface area contributed by atoms with Crippen LogP contribution in [0.1, 0.15) is 138 Å². The Bertz CT molecular complexity index is 1540. The highest BCUT2D eigenvalue weighted by Gasteiger charge is 2.39. The van der Waals surface area contributed by atoms with Crippen LogP contribution in [0.2, 0.25) is 0 Å². The van der Waals surface area contributed by atoms with Crippen molar-refractivity contribution in [3.05, 3.63) is 0 Å². The first-order chi connectivity index (χ1) is 29.6. The van der Waals surface area contributed by atoms with E-state index in [2.05, 4.69) is 36.9 Å². The van der Waals surface area contributed by atoms with Gasteiger partial charge < -0.3 is 64.1 Å². The number of hydrogen-bond acceptors (Lipinski definition) is 12. The molecule has 9 unspecified atom stereocenters. The van der Waals surface area contributed by atoms with Crippen LogP contribution in [0, 0.1) is 11.8 Å². The first kappa shape index (κ1) is 56.0. The molecule has 1 rings (SSSR count). The van der Waals surface area contributed by atoms with Crippen molar-refractivity contribution in [2.75, 3.05) is 6.54 Å². The molecule has 0 aromatic rings. The van der Waals surface area contributed by atoms with E-state index in [0.29, 0.717) is 19.4 Å². The van der Waals surface area contributed by atoms with Gasteiger partial charge in [-0.2, -0.15) is 0 Å². The fourth-order valence-corrected chi connectivity index (χ4v) is 6.80. The van der Waals surface area contributed by atoms with Crippen LogP contribution in [0.3, 0.4) is 0 Å². The maximum Gasteiger partial charge on any atom is 0.328 e. The van der Waals surface area contributed by atoms with E-state index in [-0.39, 0.29) is 31.6 Å². The van der Waals surface area contributed by atoms with Crippen LogP contribution >= 0.6 is 0 Å². The number of esters is 1. The quantitative estimate of drug-likeness (QED) is 0.0273. The van der Waals surface area contributed by atoms with Crippen molar-refractivity contribution in [2.45, 2.75) is 193 Å². The molecule has 1 heterocycles. The lowest BCUT2D eigenvalue weighted by Gasteiger charge is -2.31. The van der Waals surface area contributed by atoms with Gasteiger partial charge in [-0.3, -0.25) is 38.6 Å². The monoisotopic (exact) mass is 897 g/mol. The fraction of sp³-hybridized carbons (Fsp3) is 0.786. The number of carbonyl (C=O) groups excluding carboxylic acids is 8. The van der Waals surface area contributed by atoms with Crippen LogP contribution in [0.15, 0.2) is 4.99 Å². The standard InChI is InChI=1S/C42H76N10O11/c1-8-29(54)35-40(61)48-28(19-20-30(43)55)36(57)47-25(6)41(62)63-26(7)34(39(60)51-32(23(2)3)37(58)50-33(24(4)5)38(59)52-35)49-31(56)22-27(53)18-16-14-12-10-9-11-13-15-17-21-46-42(44)45/h23-29,32-35,53-54H,8-22H2,1-7H3,(H2,43,55)(H,47,57)(H,48,61)(H,49,56)(H,50,58)(H,51,60)(H,52,59)(H4,44,45,46). The number of cyclic esters (lactones) is 1. The summed E-state index contributed by atoms with van der Waals surface area (Å²) in [5, 5.41) is 36.6. The van der Waals surface area contributed by atoms with Crippen molar-refractivity contribution in [1.82, 2.24) is 31.9 Å². The molecule has 1 aliphatic rings. The second-order valence-electron chi connectivity index (χ2n) is 17.0. The maximum atomic E-state index is 14.0. The van der Waals surface area contributed by atoms with E-state index >= 15 is 0 Å². The van der Waals surface area contributed by atoms with Gasteiger partial charge in [-0.1, -0.05) is 86.0 Å². The van der Waals surface area contributed by atoms with Gasteiger partial charge in [0, 0.05) is 13.0 Å². The van der Waals surface area contributed by atoms with Gasteiger partial charge in [-0.05, 0) is 51.4 Å². The third-order valence-corrected chi connectivity index (χ3v) is 10.7. The number of nitrogens with zero attached hydrogens (tertiary/aromatic N) is 1. The highest BCUT2D eigenvalue weighted by atomic mass is 16.5. The molecule has 1 saturated heterocycles. The first-order valence-electron chi connectivity index (χ1n) is 22.3. The molecule has 360 valence electrons. The third kappa shape index (κ3) is 21.7. The van der Waals surface area contributed by atoms with Crippen molar-refractivity contribution in [3.63, 3.8) is 0 Å². The summed E-state index contributed by atoms with van der Waals surface area (Å²) in [5.74, 6) is -8.14. The summed E-state index contributed by atoms with van der Waals surface area (Å²) < 4.78 is 5.57. The van der Waals surface area contributed by atoms with E-state index in [1.807, 2.05) is 0 Å². The topological polar surface area (TPSA) is 349 Å². The van der Waals surface area contributed by atoms with Gasteiger partial charge in [-0.15, -0.1) is 0 Å². The van der Waals surface area contributed by atoms with Crippen LogP contribution in [0.25, 0.3) is 0 Å². The van der Waals surface area contributed by atoms with Crippen LogP contribution < -0.4 is 49.1 Å². The van der Waals surface area contributed by atoms with E-state index < -0.39 is 114 Å². The van der Waals surface area contributed by atoms with E-state index in [1.54, 1.807) is 34.6 Å². The van der Waals surface area contributed by atoms with E-state index in [9.17, 15) is 48.6 Å². The number of hydrogen-bond donors (Lipinski definition) is 11. The number of nitrogens with two attached hydrogens (primary N) is 3. The number of aliphatic imine (C=N–C) groups is 1. The number of nitrogens with one attached hydrogen (secondary N) is 6. The minimum atomic E-state index is -1.63. The number of ether oxygens (including phenoxy) is 1. The Hall–Kier alpha value is -5.05. The zero-order valence-corrected chi connectivity index (χ0v) is 38.2.